The largest absolute Gasteiger partial charge is 0.401 e. The first-order chi connectivity index (χ1) is 6.37. The normalized spacial score (nSPS) is 11.5. The van der Waals surface area contributed by atoms with Gasteiger partial charge in [0.2, 0.25) is 5.91 Å². The topological polar surface area (TPSA) is 52.6 Å². The minimum absolute atomic E-state index is 0.118. The number of hydrogen-bond donors (Lipinski definition) is 2. The summed E-state index contributed by atoms with van der Waals surface area (Å²) in [5.74, 6) is -0.483. The van der Waals surface area contributed by atoms with Crippen molar-refractivity contribution in [3.8, 4) is 0 Å². The molecule has 1 amide bonds. The molecule has 0 unspecified atom stereocenters. The summed E-state index contributed by atoms with van der Waals surface area (Å²) < 4.78 is 34.9. The van der Waals surface area contributed by atoms with Gasteiger partial charge in [-0.1, -0.05) is 0 Å². The van der Waals surface area contributed by atoms with Crippen LogP contribution < -0.4 is 5.32 Å². The van der Waals surface area contributed by atoms with Crippen molar-refractivity contribution in [2.45, 2.75) is 6.18 Å². The molecule has 0 aromatic carbocycles. The molecule has 7 heteroatoms. The maximum absolute atomic E-state index is 11.6. The number of amides is 1. The fourth-order valence-corrected chi connectivity index (χ4v) is 0.721. The van der Waals surface area contributed by atoms with Crippen LogP contribution in [0.3, 0.4) is 0 Å². The first-order valence-electron chi connectivity index (χ1n) is 3.99. The highest BCUT2D eigenvalue weighted by Crippen LogP contribution is 2.11. The van der Waals surface area contributed by atoms with E-state index < -0.39 is 18.6 Å². The number of carbonyl (C=O) groups excluding carboxylic acids is 1. The van der Waals surface area contributed by atoms with E-state index in [-0.39, 0.29) is 19.7 Å². The van der Waals surface area contributed by atoms with Crippen molar-refractivity contribution in [2.24, 2.45) is 0 Å². The van der Waals surface area contributed by atoms with Crippen molar-refractivity contribution in [1.82, 2.24) is 10.2 Å². The minimum Gasteiger partial charge on any atom is -0.395 e. The van der Waals surface area contributed by atoms with Gasteiger partial charge in [0, 0.05) is 13.6 Å². The molecule has 0 aliphatic rings. The lowest BCUT2D eigenvalue weighted by molar-refractivity contribution is -0.133. The van der Waals surface area contributed by atoms with Crippen molar-refractivity contribution >= 4 is 5.91 Å². The number of hydrogen-bond acceptors (Lipinski definition) is 3. The van der Waals surface area contributed by atoms with Gasteiger partial charge in [0.05, 0.1) is 19.7 Å². The van der Waals surface area contributed by atoms with Crippen LogP contribution in [-0.4, -0.2) is 55.4 Å². The highest BCUT2D eigenvalue weighted by atomic mass is 19.4. The number of carbonyl (C=O) groups is 1. The van der Waals surface area contributed by atoms with Crippen LogP contribution in [0.1, 0.15) is 0 Å². The SMILES string of the molecule is CN(CCO)C(=O)CNCC(F)(F)F. The summed E-state index contributed by atoms with van der Waals surface area (Å²) in [4.78, 5) is 12.2. The van der Waals surface area contributed by atoms with Gasteiger partial charge in [-0.15, -0.1) is 0 Å². The molecule has 0 spiro atoms. The maximum atomic E-state index is 11.6. The fraction of sp³-hybridized carbons (Fsp3) is 0.857. The van der Waals surface area contributed by atoms with Gasteiger partial charge in [0.15, 0.2) is 0 Å². The van der Waals surface area contributed by atoms with E-state index in [2.05, 4.69) is 0 Å². The summed E-state index contributed by atoms with van der Waals surface area (Å²) >= 11 is 0. The summed E-state index contributed by atoms with van der Waals surface area (Å²) in [6, 6.07) is 0. The van der Waals surface area contributed by atoms with Crippen molar-refractivity contribution < 1.29 is 23.1 Å². The average Bonchev–Trinajstić information content (AvgIpc) is 2.02. The molecular formula is C7H13F3N2O2. The molecule has 0 aliphatic carbocycles. The lowest BCUT2D eigenvalue weighted by Gasteiger charge is -2.16. The van der Waals surface area contributed by atoms with Gasteiger partial charge in [0.25, 0.3) is 0 Å². The Kier molecular flexibility index (Phi) is 5.47. The second-order valence-corrected chi connectivity index (χ2v) is 2.76. The summed E-state index contributed by atoms with van der Waals surface area (Å²) in [5.41, 5.74) is 0. The van der Waals surface area contributed by atoms with Crippen LogP contribution in [0.15, 0.2) is 0 Å². The van der Waals surface area contributed by atoms with E-state index in [4.69, 9.17) is 5.11 Å². The Hall–Kier alpha value is -0.820. The Bertz CT molecular complexity index is 184. The molecule has 0 fully saturated rings. The van der Waals surface area contributed by atoms with Gasteiger partial charge < -0.3 is 15.3 Å². The van der Waals surface area contributed by atoms with E-state index in [1.807, 2.05) is 5.32 Å². The standard InChI is InChI=1S/C7H13F3N2O2/c1-12(2-3-13)6(14)4-11-5-7(8,9)10/h11,13H,2-5H2,1H3. The number of rotatable bonds is 5. The smallest absolute Gasteiger partial charge is 0.395 e. The van der Waals surface area contributed by atoms with Gasteiger partial charge >= 0.3 is 6.18 Å². The van der Waals surface area contributed by atoms with E-state index in [0.29, 0.717) is 0 Å². The zero-order valence-electron chi connectivity index (χ0n) is 7.76. The number of halogens is 3. The van der Waals surface area contributed by atoms with Gasteiger partial charge in [-0.3, -0.25) is 4.79 Å². The third-order valence-electron chi connectivity index (χ3n) is 1.46. The van der Waals surface area contributed by atoms with Gasteiger partial charge in [-0.25, -0.2) is 0 Å². The van der Waals surface area contributed by atoms with Crippen LogP contribution in [0.25, 0.3) is 0 Å². The van der Waals surface area contributed by atoms with Crippen LogP contribution >= 0.6 is 0 Å². The summed E-state index contributed by atoms with van der Waals surface area (Å²) in [7, 11) is 1.41. The Balaban J connectivity index is 3.64. The van der Waals surface area contributed by atoms with Gasteiger partial charge in [-0.05, 0) is 0 Å². The minimum atomic E-state index is -4.31. The number of aliphatic hydroxyl groups excluding tert-OH is 1. The van der Waals surface area contributed by atoms with E-state index in [9.17, 15) is 18.0 Å². The lowest BCUT2D eigenvalue weighted by Crippen LogP contribution is -2.40. The van der Waals surface area contributed by atoms with Crippen molar-refractivity contribution in [3.63, 3.8) is 0 Å². The number of aliphatic hydroxyl groups is 1. The molecule has 0 saturated heterocycles. The average molecular weight is 214 g/mol. The molecule has 0 aliphatic heterocycles. The number of nitrogens with zero attached hydrogens (tertiary/aromatic N) is 1. The molecular weight excluding hydrogens is 201 g/mol. The first kappa shape index (κ1) is 13.2. The van der Waals surface area contributed by atoms with E-state index in [0.717, 1.165) is 4.90 Å². The predicted octanol–water partition coefficient (Wildman–Crippen LogP) is -0.411. The highest BCUT2D eigenvalue weighted by Gasteiger charge is 2.26. The second-order valence-electron chi connectivity index (χ2n) is 2.76. The van der Waals surface area contributed by atoms with E-state index in [1.165, 1.54) is 7.05 Å². The van der Waals surface area contributed by atoms with Crippen molar-refractivity contribution in [2.75, 3.05) is 33.3 Å². The molecule has 84 valence electrons. The Labute approximate surface area is 79.7 Å². The number of nitrogens with one attached hydrogen (secondary N) is 1. The molecule has 0 aromatic rings. The molecule has 0 radical (unpaired) electrons. The molecule has 0 bridgehead atoms. The van der Waals surface area contributed by atoms with Crippen LogP contribution in [0.4, 0.5) is 13.2 Å². The maximum Gasteiger partial charge on any atom is 0.401 e. The van der Waals surface area contributed by atoms with Crippen LogP contribution in [0, 0.1) is 0 Å². The lowest BCUT2D eigenvalue weighted by atomic mass is 10.4. The Morgan fingerprint density at radius 2 is 2.07 bits per heavy atom. The molecule has 4 nitrogen and oxygen atoms in total. The first-order valence-corrected chi connectivity index (χ1v) is 3.99. The van der Waals surface area contributed by atoms with Crippen LogP contribution in [0.5, 0.6) is 0 Å². The molecule has 0 aromatic heterocycles. The third kappa shape index (κ3) is 6.67. The number of alkyl halides is 3. The molecule has 14 heavy (non-hydrogen) atoms. The molecule has 0 atom stereocenters. The zero-order chi connectivity index (χ0) is 11.2. The van der Waals surface area contributed by atoms with Crippen molar-refractivity contribution in [1.29, 1.82) is 0 Å². The van der Waals surface area contributed by atoms with Crippen LogP contribution in [0.2, 0.25) is 0 Å². The van der Waals surface area contributed by atoms with E-state index in [1.54, 1.807) is 0 Å². The zero-order valence-corrected chi connectivity index (χ0v) is 7.76. The predicted molar refractivity (Wildman–Crippen MR) is 43.6 cm³/mol. The van der Waals surface area contributed by atoms with Crippen molar-refractivity contribution in [3.05, 3.63) is 0 Å². The molecule has 0 heterocycles. The molecule has 0 rings (SSSR count). The third-order valence-corrected chi connectivity index (χ3v) is 1.46. The second kappa shape index (κ2) is 5.82. The van der Waals surface area contributed by atoms with E-state index >= 15 is 0 Å². The van der Waals surface area contributed by atoms with Gasteiger partial charge in [-0.2, -0.15) is 13.2 Å². The van der Waals surface area contributed by atoms with Gasteiger partial charge in [0.1, 0.15) is 0 Å². The Morgan fingerprint density at radius 1 is 1.50 bits per heavy atom. The fourth-order valence-electron chi connectivity index (χ4n) is 0.721. The number of likely N-dealkylation sites (N-methyl/N-ethyl adjacent to an activating group) is 1. The summed E-state index contributed by atoms with van der Waals surface area (Å²) in [6.45, 7) is -1.66. The Morgan fingerprint density at radius 3 is 2.50 bits per heavy atom. The molecule has 0 saturated carbocycles. The highest BCUT2D eigenvalue weighted by molar-refractivity contribution is 5.77. The monoisotopic (exact) mass is 214 g/mol. The quantitative estimate of drug-likeness (QED) is 0.654. The summed E-state index contributed by atoms with van der Waals surface area (Å²) in [5, 5.41) is 10.4. The molecule has 2 N–H and O–H groups in total. The summed E-state index contributed by atoms with van der Waals surface area (Å²) in [6.07, 6.45) is -4.31. The van der Waals surface area contributed by atoms with Crippen LogP contribution in [-0.2, 0) is 4.79 Å².